The summed E-state index contributed by atoms with van der Waals surface area (Å²) in [6.07, 6.45) is 5.06. The van der Waals surface area contributed by atoms with Crippen LogP contribution in [0.3, 0.4) is 0 Å². The zero-order chi connectivity index (χ0) is 9.26. The summed E-state index contributed by atoms with van der Waals surface area (Å²) in [5.74, 6) is 1.49. The lowest BCUT2D eigenvalue weighted by atomic mass is 10.1. The predicted octanol–water partition coefficient (Wildman–Crippen LogP) is 1.81. The number of rotatable bonds is 2. The summed E-state index contributed by atoms with van der Waals surface area (Å²) in [6, 6.07) is 0. The summed E-state index contributed by atoms with van der Waals surface area (Å²) in [5.41, 5.74) is 1.07. The largest absolute Gasteiger partial charge is 0.355 e. The van der Waals surface area contributed by atoms with Gasteiger partial charge in [0.25, 0.3) is 0 Å². The number of hydrogen-bond donors (Lipinski definition) is 0. The van der Waals surface area contributed by atoms with Gasteiger partial charge in [0.15, 0.2) is 0 Å². The molecular weight excluding hydrogens is 162 g/mol. The van der Waals surface area contributed by atoms with E-state index in [1.807, 2.05) is 12.4 Å². The second kappa shape index (κ2) is 3.32. The Labute approximate surface area is 78.8 Å². The van der Waals surface area contributed by atoms with Gasteiger partial charge in [0.05, 0.1) is 18.1 Å². The molecule has 70 valence electrons. The Morgan fingerprint density at radius 3 is 2.38 bits per heavy atom. The van der Waals surface area contributed by atoms with Gasteiger partial charge in [0.2, 0.25) is 0 Å². The van der Waals surface area contributed by atoms with Crippen LogP contribution >= 0.6 is 0 Å². The van der Waals surface area contributed by atoms with Gasteiger partial charge in [-0.25, -0.2) is 4.98 Å². The van der Waals surface area contributed by atoms with Gasteiger partial charge in [0.1, 0.15) is 5.82 Å². The van der Waals surface area contributed by atoms with Crippen LogP contribution < -0.4 is 4.90 Å². The number of anilines is 1. The molecule has 13 heavy (non-hydrogen) atoms. The molecule has 0 aromatic carbocycles. The smallest absolute Gasteiger partial charge is 0.147 e. The summed E-state index contributed by atoms with van der Waals surface area (Å²) in [6.45, 7) is 6.53. The van der Waals surface area contributed by atoms with Crippen molar-refractivity contribution < 1.29 is 0 Å². The Bertz CT molecular complexity index is 275. The fourth-order valence-corrected chi connectivity index (χ4v) is 1.34. The first-order valence-corrected chi connectivity index (χ1v) is 4.84. The summed E-state index contributed by atoms with van der Waals surface area (Å²) in [4.78, 5) is 11.0. The molecule has 0 atom stereocenters. The van der Waals surface area contributed by atoms with Gasteiger partial charge in [-0.1, -0.05) is 13.8 Å². The van der Waals surface area contributed by atoms with Gasteiger partial charge in [-0.2, -0.15) is 0 Å². The van der Waals surface area contributed by atoms with Gasteiger partial charge in [-0.3, -0.25) is 4.98 Å². The highest BCUT2D eigenvalue weighted by molar-refractivity contribution is 5.38. The van der Waals surface area contributed by atoms with Crippen molar-refractivity contribution in [2.24, 2.45) is 0 Å². The summed E-state index contributed by atoms with van der Waals surface area (Å²) in [7, 11) is 0. The van der Waals surface area contributed by atoms with Crippen LogP contribution in [0, 0.1) is 0 Å². The monoisotopic (exact) mass is 177 g/mol. The van der Waals surface area contributed by atoms with Gasteiger partial charge >= 0.3 is 0 Å². The molecule has 3 nitrogen and oxygen atoms in total. The second-order valence-electron chi connectivity index (χ2n) is 3.79. The average Bonchev–Trinajstić information content (AvgIpc) is 2.02. The molecule has 1 aromatic rings. The van der Waals surface area contributed by atoms with Crippen LogP contribution in [0.25, 0.3) is 0 Å². The molecule has 1 fully saturated rings. The van der Waals surface area contributed by atoms with Crippen molar-refractivity contribution in [1.82, 2.24) is 9.97 Å². The Kier molecular flexibility index (Phi) is 2.17. The van der Waals surface area contributed by atoms with Crippen LogP contribution in [0.2, 0.25) is 0 Å². The number of aromatic nitrogens is 2. The van der Waals surface area contributed by atoms with Crippen LogP contribution in [-0.4, -0.2) is 23.1 Å². The van der Waals surface area contributed by atoms with Crippen LogP contribution in [0.5, 0.6) is 0 Å². The zero-order valence-electron chi connectivity index (χ0n) is 8.20. The predicted molar refractivity (Wildman–Crippen MR) is 53.0 cm³/mol. The topological polar surface area (TPSA) is 29.0 Å². The highest BCUT2D eigenvalue weighted by atomic mass is 15.2. The molecule has 0 unspecified atom stereocenters. The maximum absolute atomic E-state index is 4.39. The van der Waals surface area contributed by atoms with Crippen LogP contribution in [0.4, 0.5) is 5.82 Å². The first-order valence-electron chi connectivity index (χ1n) is 4.84. The molecule has 1 aliphatic heterocycles. The third-order valence-corrected chi connectivity index (χ3v) is 2.43. The third-order valence-electron chi connectivity index (χ3n) is 2.43. The lowest BCUT2D eigenvalue weighted by Gasteiger charge is -2.31. The van der Waals surface area contributed by atoms with E-state index in [0.29, 0.717) is 5.92 Å². The molecule has 0 radical (unpaired) electrons. The molecular formula is C10H15N3. The van der Waals surface area contributed by atoms with E-state index in [1.165, 1.54) is 6.42 Å². The van der Waals surface area contributed by atoms with Gasteiger partial charge < -0.3 is 4.90 Å². The van der Waals surface area contributed by atoms with Crippen molar-refractivity contribution in [3.63, 3.8) is 0 Å². The van der Waals surface area contributed by atoms with Crippen molar-refractivity contribution in [2.45, 2.75) is 26.2 Å². The zero-order valence-corrected chi connectivity index (χ0v) is 8.20. The van der Waals surface area contributed by atoms with Crippen molar-refractivity contribution in [2.75, 3.05) is 18.0 Å². The quantitative estimate of drug-likeness (QED) is 0.690. The first kappa shape index (κ1) is 8.48. The maximum atomic E-state index is 4.39. The SMILES string of the molecule is CC(C)c1cnc(N2CCC2)cn1. The fourth-order valence-electron chi connectivity index (χ4n) is 1.34. The lowest BCUT2D eigenvalue weighted by molar-refractivity contribution is 0.607. The normalized spacial score (nSPS) is 16.1. The Morgan fingerprint density at radius 2 is 2.00 bits per heavy atom. The van der Waals surface area contributed by atoms with Crippen LogP contribution in [-0.2, 0) is 0 Å². The number of hydrogen-bond acceptors (Lipinski definition) is 3. The summed E-state index contributed by atoms with van der Waals surface area (Å²) >= 11 is 0. The average molecular weight is 177 g/mol. The van der Waals surface area contributed by atoms with E-state index < -0.39 is 0 Å². The molecule has 1 saturated heterocycles. The molecule has 0 saturated carbocycles. The Hall–Kier alpha value is -1.12. The molecule has 1 aliphatic rings. The minimum Gasteiger partial charge on any atom is -0.355 e. The molecule has 0 N–H and O–H groups in total. The molecule has 2 heterocycles. The van der Waals surface area contributed by atoms with Crippen LogP contribution in [0.15, 0.2) is 12.4 Å². The molecule has 0 aliphatic carbocycles. The van der Waals surface area contributed by atoms with E-state index >= 15 is 0 Å². The minimum absolute atomic E-state index is 0.470. The minimum atomic E-state index is 0.470. The molecule has 3 heteroatoms. The Balaban J connectivity index is 2.13. The van der Waals surface area contributed by atoms with E-state index in [1.54, 1.807) is 0 Å². The van der Waals surface area contributed by atoms with E-state index in [2.05, 4.69) is 28.7 Å². The van der Waals surface area contributed by atoms with E-state index in [0.717, 1.165) is 24.6 Å². The molecule has 0 bridgehead atoms. The lowest BCUT2D eigenvalue weighted by Crippen LogP contribution is -2.37. The molecule has 0 spiro atoms. The third kappa shape index (κ3) is 1.64. The van der Waals surface area contributed by atoms with E-state index in [-0.39, 0.29) is 0 Å². The first-order chi connectivity index (χ1) is 6.27. The van der Waals surface area contributed by atoms with Crippen molar-refractivity contribution in [3.8, 4) is 0 Å². The van der Waals surface area contributed by atoms with Gasteiger partial charge in [-0.15, -0.1) is 0 Å². The summed E-state index contributed by atoms with van der Waals surface area (Å²) < 4.78 is 0. The molecule has 0 amide bonds. The van der Waals surface area contributed by atoms with Crippen molar-refractivity contribution >= 4 is 5.82 Å². The van der Waals surface area contributed by atoms with Crippen molar-refractivity contribution in [3.05, 3.63) is 18.1 Å². The standard InChI is InChI=1S/C10H15N3/c1-8(2)9-6-12-10(7-11-9)13-4-3-5-13/h6-8H,3-5H2,1-2H3. The maximum Gasteiger partial charge on any atom is 0.147 e. The molecule has 1 aromatic heterocycles. The van der Waals surface area contributed by atoms with E-state index in [9.17, 15) is 0 Å². The van der Waals surface area contributed by atoms with E-state index in [4.69, 9.17) is 0 Å². The van der Waals surface area contributed by atoms with Crippen molar-refractivity contribution in [1.29, 1.82) is 0 Å². The highest BCUT2D eigenvalue weighted by Crippen LogP contribution is 2.18. The summed E-state index contributed by atoms with van der Waals surface area (Å²) in [5, 5.41) is 0. The van der Waals surface area contributed by atoms with Gasteiger partial charge in [-0.05, 0) is 12.3 Å². The van der Waals surface area contributed by atoms with Crippen LogP contribution in [0.1, 0.15) is 31.9 Å². The fraction of sp³-hybridized carbons (Fsp3) is 0.600. The number of nitrogens with zero attached hydrogens (tertiary/aromatic N) is 3. The highest BCUT2D eigenvalue weighted by Gasteiger charge is 2.15. The Morgan fingerprint density at radius 1 is 1.23 bits per heavy atom. The van der Waals surface area contributed by atoms with Gasteiger partial charge in [0, 0.05) is 13.1 Å². The molecule has 2 rings (SSSR count). The second-order valence-corrected chi connectivity index (χ2v) is 3.79.